The highest BCUT2D eigenvalue weighted by molar-refractivity contribution is 5.84. The van der Waals surface area contributed by atoms with Crippen LogP contribution in [-0.2, 0) is 4.79 Å². The number of carboxylic acids is 1. The van der Waals surface area contributed by atoms with Crippen molar-refractivity contribution in [3.63, 3.8) is 0 Å². The molecule has 1 saturated heterocycles. The van der Waals surface area contributed by atoms with Crippen LogP contribution >= 0.6 is 0 Å². The minimum absolute atomic E-state index is 0.00688. The standard InChI is InChI=1S/C27H27F5N2O4/c1-37-17-2-3-23-18(14-17)24(22(32)15-33-23)19(29)4-5-27(26(35)36)6-8-34(9-7-27)10-11-38-25-20(30)12-16(28)13-21(25)31/h2-3,12-15,19H,4-11H2,1H3,(H,35,36)/t19-/m0/s1. The van der Waals surface area contributed by atoms with Crippen LogP contribution in [0, 0.1) is 28.7 Å². The summed E-state index contributed by atoms with van der Waals surface area (Å²) in [6.45, 7) is 0.840. The minimum atomic E-state index is -1.75. The van der Waals surface area contributed by atoms with Crippen molar-refractivity contribution in [2.24, 2.45) is 5.41 Å². The zero-order chi connectivity index (χ0) is 27.4. The topological polar surface area (TPSA) is 71.9 Å². The molecule has 4 rings (SSSR count). The van der Waals surface area contributed by atoms with Crippen molar-refractivity contribution >= 4 is 16.9 Å². The molecule has 3 aromatic rings. The second-order valence-electron chi connectivity index (χ2n) is 9.38. The number of hydrogen-bond acceptors (Lipinski definition) is 5. The molecule has 6 nitrogen and oxygen atoms in total. The molecule has 1 aromatic heterocycles. The Kier molecular flexibility index (Phi) is 8.35. The summed E-state index contributed by atoms with van der Waals surface area (Å²) in [5, 5.41) is 10.2. The van der Waals surface area contributed by atoms with E-state index < -0.39 is 46.6 Å². The summed E-state index contributed by atoms with van der Waals surface area (Å²) in [7, 11) is 1.44. The fourth-order valence-corrected chi connectivity index (χ4v) is 4.88. The lowest BCUT2D eigenvalue weighted by atomic mass is 9.74. The summed E-state index contributed by atoms with van der Waals surface area (Å²) < 4.78 is 80.9. The van der Waals surface area contributed by atoms with Crippen LogP contribution in [0.5, 0.6) is 11.5 Å². The van der Waals surface area contributed by atoms with Gasteiger partial charge in [-0.15, -0.1) is 0 Å². The lowest BCUT2D eigenvalue weighted by Crippen LogP contribution is -2.45. The molecule has 38 heavy (non-hydrogen) atoms. The van der Waals surface area contributed by atoms with Crippen LogP contribution in [0.4, 0.5) is 22.0 Å². The van der Waals surface area contributed by atoms with Crippen LogP contribution in [0.1, 0.15) is 37.4 Å². The molecule has 11 heteroatoms. The van der Waals surface area contributed by atoms with Crippen LogP contribution in [0.3, 0.4) is 0 Å². The van der Waals surface area contributed by atoms with E-state index in [9.17, 15) is 27.5 Å². The average Bonchev–Trinajstić information content (AvgIpc) is 2.89. The van der Waals surface area contributed by atoms with Gasteiger partial charge < -0.3 is 14.6 Å². The molecular formula is C27H27F5N2O4. The van der Waals surface area contributed by atoms with Crippen molar-refractivity contribution in [3.8, 4) is 11.5 Å². The van der Waals surface area contributed by atoms with E-state index in [1.54, 1.807) is 12.1 Å². The number of carbonyl (C=O) groups is 1. The van der Waals surface area contributed by atoms with Crippen molar-refractivity contribution in [2.75, 3.05) is 33.4 Å². The van der Waals surface area contributed by atoms with E-state index in [1.165, 1.54) is 13.2 Å². The first-order valence-corrected chi connectivity index (χ1v) is 12.1. The molecule has 1 atom stereocenters. The number of carboxylic acid groups (broad SMARTS) is 1. The van der Waals surface area contributed by atoms with E-state index in [2.05, 4.69) is 4.98 Å². The number of aliphatic carboxylic acids is 1. The fourth-order valence-electron chi connectivity index (χ4n) is 4.88. The Morgan fingerprint density at radius 2 is 1.79 bits per heavy atom. The van der Waals surface area contributed by atoms with Gasteiger partial charge in [0.05, 0.1) is 24.2 Å². The largest absolute Gasteiger partial charge is 0.497 e. The van der Waals surface area contributed by atoms with Crippen LogP contribution < -0.4 is 9.47 Å². The molecule has 0 amide bonds. The summed E-state index contributed by atoms with van der Waals surface area (Å²) in [6, 6.07) is 5.78. The van der Waals surface area contributed by atoms with Crippen molar-refractivity contribution in [1.82, 2.24) is 9.88 Å². The molecule has 1 N–H and O–H groups in total. The molecule has 0 spiro atoms. The Bertz CT molecular complexity index is 1290. The fraction of sp³-hybridized carbons (Fsp3) is 0.407. The van der Waals surface area contributed by atoms with E-state index in [0.29, 0.717) is 36.5 Å². The second-order valence-corrected chi connectivity index (χ2v) is 9.38. The van der Waals surface area contributed by atoms with Gasteiger partial charge in [-0.3, -0.25) is 14.7 Å². The zero-order valence-corrected chi connectivity index (χ0v) is 20.7. The molecule has 0 saturated carbocycles. The predicted octanol–water partition coefficient (Wildman–Crippen LogP) is 5.84. The number of ether oxygens (including phenoxy) is 2. The number of fused-ring (bicyclic) bond motifs is 1. The quantitative estimate of drug-likeness (QED) is 0.327. The van der Waals surface area contributed by atoms with Crippen LogP contribution in [-0.4, -0.2) is 54.3 Å². The van der Waals surface area contributed by atoms with Crippen molar-refractivity contribution in [3.05, 3.63) is 65.4 Å². The first kappa shape index (κ1) is 27.6. The van der Waals surface area contributed by atoms with Gasteiger partial charge in [0.1, 0.15) is 30.2 Å². The van der Waals surface area contributed by atoms with E-state index in [-0.39, 0.29) is 49.8 Å². The van der Waals surface area contributed by atoms with E-state index in [1.807, 2.05) is 4.90 Å². The van der Waals surface area contributed by atoms with Gasteiger partial charge in [-0.2, -0.15) is 0 Å². The van der Waals surface area contributed by atoms with Crippen molar-refractivity contribution in [2.45, 2.75) is 31.9 Å². The zero-order valence-electron chi connectivity index (χ0n) is 20.7. The first-order chi connectivity index (χ1) is 18.1. The van der Waals surface area contributed by atoms with Gasteiger partial charge in [-0.05, 0) is 57.0 Å². The number of methoxy groups -OCH3 is 1. The lowest BCUT2D eigenvalue weighted by Gasteiger charge is -2.39. The number of halogens is 5. The van der Waals surface area contributed by atoms with Crippen LogP contribution in [0.2, 0.25) is 0 Å². The summed E-state index contributed by atoms with van der Waals surface area (Å²) in [5.41, 5.74) is -0.980. The van der Waals surface area contributed by atoms with Gasteiger partial charge in [0.25, 0.3) is 0 Å². The molecule has 1 fully saturated rings. The number of alkyl halides is 1. The van der Waals surface area contributed by atoms with E-state index in [4.69, 9.17) is 9.47 Å². The highest BCUT2D eigenvalue weighted by Gasteiger charge is 2.42. The number of hydrogen-bond donors (Lipinski definition) is 1. The van der Waals surface area contributed by atoms with Crippen LogP contribution in [0.15, 0.2) is 36.5 Å². The highest BCUT2D eigenvalue weighted by Crippen LogP contribution is 2.41. The first-order valence-electron chi connectivity index (χ1n) is 12.1. The van der Waals surface area contributed by atoms with Gasteiger partial charge in [-0.1, -0.05) is 0 Å². The van der Waals surface area contributed by atoms with Gasteiger partial charge >= 0.3 is 5.97 Å². The molecule has 2 aromatic carbocycles. The molecule has 1 aliphatic heterocycles. The van der Waals surface area contributed by atoms with E-state index in [0.717, 1.165) is 6.20 Å². The Hall–Kier alpha value is -3.47. The number of nitrogens with zero attached hydrogens (tertiary/aromatic N) is 2. The molecule has 204 valence electrons. The lowest BCUT2D eigenvalue weighted by molar-refractivity contribution is -0.153. The monoisotopic (exact) mass is 538 g/mol. The Morgan fingerprint density at radius 1 is 1.11 bits per heavy atom. The van der Waals surface area contributed by atoms with Crippen molar-refractivity contribution in [1.29, 1.82) is 0 Å². The molecule has 2 heterocycles. The molecule has 0 radical (unpaired) electrons. The number of likely N-dealkylation sites (tertiary alicyclic amines) is 1. The third-order valence-electron chi connectivity index (χ3n) is 7.14. The highest BCUT2D eigenvalue weighted by atomic mass is 19.2. The van der Waals surface area contributed by atoms with Crippen LogP contribution in [0.25, 0.3) is 10.9 Å². The molecule has 0 unspecified atom stereocenters. The molecular weight excluding hydrogens is 511 g/mol. The summed E-state index contributed by atoms with van der Waals surface area (Å²) in [6.07, 6.45) is -0.591. The van der Waals surface area contributed by atoms with Gasteiger partial charge in [0, 0.05) is 29.6 Å². The normalized spacial score (nSPS) is 16.4. The smallest absolute Gasteiger partial charge is 0.309 e. The summed E-state index contributed by atoms with van der Waals surface area (Å²) >= 11 is 0. The predicted molar refractivity (Wildman–Crippen MR) is 129 cm³/mol. The number of benzene rings is 2. The Labute approximate surface area is 216 Å². The SMILES string of the molecule is COc1ccc2ncc(F)c([C@@H](F)CCC3(C(=O)O)CCN(CCOc4c(F)cc(F)cc4F)CC3)c2c1. The van der Waals surface area contributed by atoms with Crippen molar-refractivity contribution < 1.29 is 41.3 Å². The molecule has 0 aliphatic carbocycles. The summed E-state index contributed by atoms with van der Waals surface area (Å²) in [5.74, 6) is -5.48. The third-order valence-corrected chi connectivity index (χ3v) is 7.14. The Morgan fingerprint density at radius 3 is 2.42 bits per heavy atom. The third kappa shape index (κ3) is 5.82. The number of aromatic nitrogens is 1. The number of piperidine rings is 1. The maximum atomic E-state index is 15.4. The second kappa shape index (κ2) is 11.5. The van der Waals surface area contributed by atoms with E-state index >= 15 is 4.39 Å². The number of rotatable bonds is 10. The van der Waals surface area contributed by atoms with Gasteiger partial charge in [-0.25, -0.2) is 22.0 Å². The summed E-state index contributed by atoms with van der Waals surface area (Å²) in [4.78, 5) is 18.1. The van der Waals surface area contributed by atoms with Gasteiger partial charge in [0.2, 0.25) is 0 Å². The average molecular weight is 539 g/mol. The maximum absolute atomic E-state index is 15.4. The number of pyridine rings is 1. The maximum Gasteiger partial charge on any atom is 0.309 e. The van der Waals surface area contributed by atoms with Gasteiger partial charge in [0.15, 0.2) is 17.4 Å². The minimum Gasteiger partial charge on any atom is -0.497 e. The Balaban J connectivity index is 1.37. The molecule has 0 bridgehead atoms. The molecule has 1 aliphatic rings.